The minimum atomic E-state index is 0. The number of nitrogens with zero attached hydrogens (tertiary/aromatic N) is 1. The summed E-state index contributed by atoms with van der Waals surface area (Å²) in [5.41, 5.74) is 11.0. The van der Waals surface area contributed by atoms with Crippen LogP contribution in [0.1, 0.15) is 36.9 Å². The highest BCUT2D eigenvalue weighted by Gasteiger charge is 2.35. The number of aromatic nitrogens is 2. The number of nitrogens with one attached hydrogen (secondary N) is 2. The summed E-state index contributed by atoms with van der Waals surface area (Å²) in [6.45, 7) is 1.46. The van der Waals surface area contributed by atoms with Crippen molar-refractivity contribution in [1.29, 1.82) is 0 Å². The predicted octanol–water partition coefficient (Wildman–Crippen LogP) is 5.08. The van der Waals surface area contributed by atoms with Crippen molar-refractivity contribution in [3.63, 3.8) is 0 Å². The highest BCUT2D eigenvalue weighted by molar-refractivity contribution is 6.30. The maximum absolute atomic E-state index is 6.22. The van der Waals surface area contributed by atoms with E-state index in [9.17, 15) is 0 Å². The van der Waals surface area contributed by atoms with Gasteiger partial charge in [-0.15, -0.1) is 12.4 Å². The molecule has 0 atom stereocenters. The summed E-state index contributed by atoms with van der Waals surface area (Å²) >= 11 is 6.22. The van der Waals surface area contributed by atoms with E-state index in [0.717, 1.165) is 42.9 Å². The van der Waals surface area contributed by atoms with Gasteiger partial charge < -0.3 is 11.1 Å². The molecule has 0 aliphatic heterocycles. The van der Waals surface area contributed by atoms with E-state index in [1.165, 1.54) is 16.7 Å². The van der Waals surface area contributed by atoms with Gasteiger partial charge in [-0.3, -0.25) is 5.10 Å². The molecular weight excluding hydrogens is 403 g/mol. The van der Waals surface area contributed by atoms with Crippen LogP contribution in [-0.2, 0) is 12.0 Å². The fraction of sp³-hybridized carbons (Fsp3) is 0.348. The summed E-state index contributed by atoms with van der Waals surface area (Å²) in [7, 11) is 0. The fourth-order valence-electron chi connectivity index (χ4n) is 4.36. The van der Waals surface area contributed by atoms with Crippen LogP contribution >= 0.6 is 24.0 Å². The molecule has 6 heteroatoms. The highest BCUT2D eigenvalue weighted by Crippen LogP contribution is 2.39. The first-order valence-corrected chi connectivity index (χ1v) is 10.4. The average Bonchev–Trinajstić information content (AvgIpc) is 3.22. The number of hydrogen-bond donors (Lipinski definition) is 3. The van der Waals surface area contributed by atoms with Gasteiger partial charge in [0.15, 0.2) is 0 Å². The third kappa shape index (κ3) is 4.84. The first kappa shape index (κ1) is 21.8. The van der Waals surface area contributed by atoms with Crippen molar-refractivity contribution in [2.24, 2.45) is 5.73 Å². The van der Waals surface area contributed by atoms with E-state index in [1.807, 2.05) is 24.4 Å². The standard InChI is InChI=1S/C23H27ClN4.ClH/c24-19-8-4-7-18(13-19)23(16-25)11-9-20(10-12-23)26-15-22-21(14-27-28-22)17-5-2-1-3-6-17;/h1-8,13-14,20,26H,9-12,15-16,25H2,(H,27,28);1H. The van der Waals surface area contributed by atoms with Gasteiger partial charge in [-0.25, -0.2) is 0 Å². The van der Waals surface area contributed by atoms with Gasteiger partial charge in [-0.2, -0.15) is 5.10 Å². The van der Waals surface area contributed by atoms with E-state index in [1.54, 1.807) is 0 Å². The molecular formula is C23H28Cl2N4. The monoisotopic (exact) mass is 430 g/mol. The molecule has 0 amide bonds. The highest BCUT2D eigenvalue weighted by atomic mass is 35.5. The molecule has 1 heterocycles. The molecule has 154 valence electrons. The van der Waals surface area contributed by atoms with Gasteiger partial charge in [0, 0.05) is 35.1 Å². The maximum Gasteiger partial charge on any atom is 0.0569 e. The van der Waals surface area contributed by atoms with Crippen molar-refractivity contribution in [1.82, 2.24) is 15.5 Å². The van der Waals surface area contributed by atoms with Gasteiger partial charge in [0.2, 0.25) is 0 Å². The van der Waals surface area contributed by atoms with Crippen LogP contribution in [0.2, 0.25) is 5.02 Å². The van der Waals surface area contributed by atoms with Crippen LogP contribution < -0.4 is 11.1 Å². The van der Waals surface area contributed by atoms with E-state index >= 15 is 0 Å². The van der Waals surface area contributed by atoms with Gasteiger partial charge in [-0.05, 0) is 48.9 Å². The Labute approximate surface area is 183 Å². The average molecular weight is 431 g/mol. The summed E-state index contributed by atoms with van der Waals surface area (Å²) < 4.78 is 0. The number of halogens is 2. The molecule has 0 spiro atoms. The third-order valence-corrected chi connectivity index (χ3v) is 6.38. The molecule has 29 heavy (non-hydrogen) atoms. The van der Waals surface area contributed by atoms with Crippen molar-refractivity contribution in [2.45, 2.75) is 43.7 Å². The first-order chi connectivity index (χ1) is 13.7. The van der Waals surface area contributed by atoms with Crippen molar-refractivity contribution >= 4 is 24.0 Å². The van der Waals surface area contributed by atoms with E-state index in [0.29, 0.717) is 12.6 Å². The SMILES string of the molecule is Cl.NCC1(c2cccc(Cl)c2)CCC(NCc2[nH]ncc2-c2ccccc2)CC1. The fourth-order valence-corrected chi connectivity index (χ4v) is 4.55. The molecule has 3 aromatic rings. The molecule has 1 aliphatic rings. The third-order valence-electron chi connectivity index (χ3n) is 6.14. The lowest BCUT2D eigenvalue weighted by Crippen LogP contribution is -2.43. The molecule has 4 N–H and O–H groups in total. The number of hydrogen-bond acceptors (Lipinski definition) is 3. The smallest absolute Gasteiger partial charge is 0.0569 e. The Hall–Kier alpha value is -1.85. The summed E-state index contributed by atoms with van der Waals surface area (Å²) in [4.78, 5) is 0. The Balaban J connectivity index is 0.00000240. The molecule has 1 fully saturated rings. The zero-order valence-electron chi connectivity index (χ0n) is 16.4. The number of aromatic amines is 1. The van der Waals surface area contributed by atoms with E-state index in [2.05, 4.69) is 51.9 Å². The van der Waals surface area contributed by atoms with E-state index in [-0.39, 0.29) is 17.8 Å². The van der Waals surface area contributed by atoms with Crippen LogP contribution in [0, 0.1) is 0 Å². The van der Waals surface area contributed by atoms with Crippen LogP contribution in [-0.4, -0.2) is 22.8 Å². The van der Waals surface area contributed by atoms with Crippen LogP contribution in [0.15, 0.2) is 60.8 Å². The van der Waals surface area contributed by atoms with Gasteiger partial charge in [0.1, 0.15) is 0 Å². The molecule has 0 unspecified atom stereocenters. The largest absolute Gasteiger partial charge is 0.330 e. The van der Waals surface area contributed by atoms with Crippen LogP contribution in [0.3, 0.4) is 0 Å². The Morgan fingerprint density at radius 1 is 1.10 bits per heavy atom. The molecule has 2 aromatic carbocycles. The van der Waals surface area contributed by atoms with Gasteiger partial charge in [0.25, 0.3) is 0 Å². The quantitative estimate of drug-likeness (QED) is 0.510. The van der Waals surface area contributed by atoms with Gasteiger partial charge >= 0.3 is 0 Å². The topological polar surface area (TPSA) is 66.7 Å². The summed E-state index contributed by atoms with van der Waals surface area (Å²) in [6, 6.07) is 19.1. The van der Waals surface area contributed by atoms with Crippen molar-refractivity contribution in [3.8, 4) is 11.1 Å². The van der Waals surface area contributed by atoms with Gasteiger partial charge in [-0.1, -0.05) is 54.1 Å². The second kappa shape index (κ2) is 9.77. The molecule has 0 radical (unpaired) electrons. The normalized spacial score (nSPS) is 21.5. The number of nitrogens with two attached hydrogens (primary N) is 1. The lowest BCUT2D eigenvalue weighted by atomic mass is 9.68. The van der Waals surface area contributed by atoms with E-state index in [4.69, 9.17) is 17.3 Å². The van der Waals surface area contributed by atoms with E-state index < -0.39 is 0 Å². The zero-order chi connectivity index (χ0) is 19.4. The summed E-state index contributed by atoms with van der Waals surface area (Å²) in [5.74, 6) is 0. The Morgan fingerprint density at radius 3 is 2.55 bits per heavy atom. The van der Waals surface area contributed by atoms with Crippen molar-refractivity contribution in [2.75, 3.05) is 6.54 Å². The molecule has 1 aromatic heterocycles. The first-order valence-electron chi connectivity index (χ1n) is 9.97. The minimum Gasteiger partial charge on any atom is -0.330 e. The molecule has 4 rings (SSSR count). The lowest BCUT2D eigenvalue weighted by molar-refractivity contribution is 0.250. The Morgan fingerprint density at radius 2 is 1.86 bits per heavy atom. The van der Waals surface area contributed by atoms with Crippen molar-refractivity contribution in [3.05, 3.63) is 77.1 Å². The Bertz CT molecular complexity index is 902. The molecule has 1 saturated carbocycles. The molecule has 1 aliphatic carbocycles. The second-order valence-corrected chi connectivity index (χ2v) is 8.21. The predicted molar refractivity (Wildman–Crippen MR) is 123 cm³/mol. The number of benzene rings is 2. The molecule has 0 saturated heterocycles. The summed E-state index contributed by atoms with van der Waals surface area (Å²) in [5, 5.41) is 11.9. The lowest BCUT2D eigenvalue weighted by Gasteiger charge is -2.40. The number of rotatable bonds is 6. The molecule has 0 bridgehead atoms. The zero-order valence-corrected chi connectivity index (χ0v) is 18.0. The number of H-pyrrole nitrogens is 1. The van der Waals surface area contributed by atoms with Crippen molar-refractivity contribution < 1.29 is 0 Å². The van der Waals surface area contributed by atoms with Gasteiger partial charge in [0.05, 0.1) is 11.9 Å². The van der Waals surface area contributed by atoms with Crippen LogP contribution in [0.25, 0.3) is 11.1 Å². The second-order valence-electron chi connectivity index (χ2n) is 7.78. The maximum atomic E-state index is 6.22. The Kier molecular flexibility index (Phi) is 7.36. The molecule has 4 nitrogen and oxygen atoms in total. The van der Waals surface area contributed by atoms with Crippen LogP contribution in [0.5, 0.6) is 0 Å². The van der Waals surface area contributed by atoms with Crippen LogP contribution in [0.4, 0.5) is 0 Å². The summed E-state index contributed by atoms with van der Waals surface area (Å²) in [6.07, 6.45) is 6.29. The minimum absolute atomic E-state index is 0.